The topological polar surface area (TPSA) is 91.2 Å². The SMILES string of the molecule is O=C(NN=Cc1cc(Br)ccc1OCc1c(F)cccc1Cl)c1cc(O)cc(O)c1. The van der Waals surface area contributed by atoms with Crippen molar-refractivity contribution in [2.24, 2.45) is 5.10 Å². The van der Waals surface area contributed by atoms with Crippen molar-refractivity contribution in [3.63, 3.8) is 0 Å². The van der Waals surface area contributed by atoms with Gasteiger partial charge in [-0.05, 0) is 42.5 Å². The molecule has 0 atom stereocenters. The fraction of sp³-hybridized carbons (Fsp3) is 0.0476. The van der Waals surface area contributed by atoms with E-state index in [-0.39, 0.29) is 34.3 Å². The van der Waals surface area contributed by atoms with E-state index in [1.54, 1.807) is 24.3 Å². The summed E-state index contributed by atoms with van der Waals surface area (Å²) in [4.78, 5) is 12.1. The lowest BCUT2D eigenvalue weighted by atomic mass is 10.2. The molecule has 0 heterocycles. The highest BCUT2D eigenvalue weighted by Crippen LogP contribution is 2.25. The Morgan fingerprint density at radius 3 is 2.60 bits per heavy atom. The Morgan fingerprint density at radius 2 is 1.90 bits per heavy atom. The third kappa shape index (κ3) is 5.49. The van der Waals surface area contributed by atoms with E-state index in [4.69, 9.17) is 16.3 Å². The van der Waals surface area contributed by atoms with Gasteiger partial charge in [0.05, 0.1) is 11.2 Å². The van der Waals surface area contributed by atoms with Gasteiger partial charge in [-0.25, -0.2) is 9.82 Å². The van der Waals surface area contributed by atoms with Gasteiger partial charge in [-0.15, -0.1) is 0 Å². The van der Waals surface area contributed by atoms with E-state index < -0.39 is 11.7 Å². The first-order valence-corrected chi connectivity index (χ1v) is 9.72. The van der Waals surface area contributed by atoms with Gasteiger partial charge in [0.25, 0.3) is 5.91 Å². The summed E-state index contributed by atoms with van der Waals surface area (Å²) in [7, 11) is 0. The summed E-state index contributed by atoms with van der Waals surface area (Å²) >= 11 is 9.37. The Kier molecular flexibility index (Phi) is 6.91. The zero-order valence-corrected chi connectivity index (χ0v) is 17.6. The zero-order valence-electron chi connectivity index (χ0n) is 15.3. The smallest absolute Gasteiger partial charge is 0.271 e. The Balaban J connectivity index is 1.74. The largest absolute Gasteiger partial charge is 0.508 e. The first-order chi connectivity index (χ1) is 14.3. The molecule has 0 bridgehead atoms. The molecule has 3 aromatic carbocycles. The molecule has 0 aliphatic heterocycles. The minimum absolute atomic E-state index is 0.0320. The fourth-order valence-electron chi connectivity index (χ4n) is 2.52. The van der Waals surface area contributed by atoms with Crippen LogP contribution in [0, 0.1) is 5.82 Å². The van der Waals surface area contributed by atoms with Gasteiger partial charge in [0.15, 0.2) is 0 Å². The van der Waals surface area contributed by atoms with Crippen LogP contribution in [-0.2, 0) is 6.61 Å². The summed E-state index contributed by atoms with van der Waals surface area (Å²) in [5.41, 5.74) is 3.06. The molecule has 0 saturated carbocycles. The normalized spacial score (nSPS) is 10.9. The number of phenols is 2. The van der Waals surface area contributed by atoms with Gasteiger partial charge in [0.2, 0.25) is 0 Å². The van der Waals surface area contributed by atoms with Gasteiger partial charge < -0.3 is 14.9 Å². The van der Waals surface area contributed by atoms with Crippen molar-refractivity contribution in [3.05, 3.63) is 86.6 Å². The molecule has 0 spiro atoms. The number of hydrogen-bond donors (Lipinski definition) is 3. The number of benzene rings is 3. The second-order valence-corrected chi connectivity index (χ2v) is 7.43. The predicted molar refractivity (Wildman–Crippen MR) is 115 cm³/mol. The molecule has 3 rings (SSSR count). The third-order valence-corrected chi connectivity index (χ3v) is 4.79. The average Bonchev–Trinajstić information content (AvgIpc) is 2.68. The molecular weight excluding hydrogens is 479 g/mol. The summed E-state index contributed by atoms with van der Waals surface area (Å²) in [6.07, 6.45) is 1.35. The van der Waals surface area contributed by atoms with Crippen LogP contribution in [0.4, 0.5) is 4.39 Å². The molecule has 154 valence electrons. The highest BCUT2D eigenvalue weighted by atomic mass is 79.9. The highest BCUT2D eigenvalue weighted by Gasteiger charge is 2.11. The molecule has 0 saturated heterocycles. The fourth-order valence-corrected chi connectivity index (χ4v) is 3.12. The average molecular weight is 494 g/mol. The number of rotatable bonds is 6. The number of carbonyl (C=O) groups excluding carboxylic acids is 1. The van der Waals surface area contributed by atoms with Crippen LogP contribution in [0.15, 0.2) is 64.2 Å². The number of aromatic hydroxyl groups is 2. The molecule has 0 unspecified atom stereocenters. The monoisotopic (exact) mass is 492 g/mol. The third-order valence-electron chi connectivity index (χ3n) is 3.94. The maximum Gasteiger partial charge on any atom is 0.271 e. The van der Waals surface area contributed by atoms with E-state index in [0.29, 0.717) is 11.3 Å². The highest BCUT2D eigenvalue weighted by molar-refractivity contribution is 9.10. The number of phenolic OH excluding ortho intramolecular Hbond substituents is 2. The molecule has 0 fully saturated rings. The van der Waals surface area contributed by atoms with Crippen LogP contribution < -0.4 is 10.2 Å². The summed E-state index contributed by atoms with van der Waals surface area (Å²) in [6.45, 7) is -0.0943. The lowest BCUT2D eigenvalue weighted by Gasteiger charge is -2.11. The van der Waals surface area contributed by atoms with Crippen molar-refractivity contribution < 1.29 is 24.1 Å². The van der Waals surface area contributed by atoms with Crippen LogP contribution >= 0.6 is 27.5 Å². The summed E-state index contributed by atoms with van der Waals surface area (Å²) < 4.78 is 20.4. The van der Waals surface area contributed by atoms with Gasteiger partial charge in [-0.1, -0.05) is 33.6 Å². The van der Waals surface area contributed by atoms with Gasteiger partial charge in [0.1, 0.15) is 29.7 Å². The lowest BCUT2D eigenvalue weighted by molar-refractivity contribution is 0.0954. The molecule has 0 aromatic heterocycles. The Hall–Kier alpha value is -3.10. The molecule has 1 amide bonds. The van der Waals surface area contributed by atoms with Crippen molar-refractivity contribution in [2.45, 2.75) is 6.61 Å². The van der Waals surface area contributed by atoms with E-state index in [1.807, 2.05) is 0 Å². The first-order valence-electron chi connectivity index (χ1n) is 8.55. The van der Waals surface area contributed by atoms with E-state index in [0.717, 1.165) is 10.5 Å². The molecule has 0 radical (unpaired) electrons. The van der Waals surface area contributed by atoms with Crippen molar-refractivity contribution in [2.75, 3.05) is 0 Å². The lowest BCUT2D eigenvalue weighted by Crippen LogP contribution is -2.17. The van der Waals surface area contributed by atoms with Gasteiger partial charge in [0, 0.05) is 27.2 Å². The maximum absolute atomic E-state index is 13.9. The molecule has 3 N–H and O–H groups in total. The van der Waals surface area contributed by atoms with Crippen LogP contribution in [-0.4, -0.2) is 22.3 Å². The van der Waals surface area contributed by atoms with Crippen LogP contribution in [0.2, 0.25) is 5.02 Å². The number of nitrogens with one attached hydrogen (secondary N) is 1. The minimum atomic E-state index is -0.631. The number of hydrogen-bond acceptors (Lipinski definition) is 5. The predicted octanol–water partition coefficient (Wildman–Crippen LogP) is 5.00. The van der Waals surface area contributed by atoms with Crippen LogP contribution in [0.3, 0.4) is 0 Å². The number of halogens is 3. The summed E-state index contributed by atoms with van der Waals surface area (Å²) in [5.74, 6) is -1.22. The number of carbonyl (C=O) groups is 1. The molecule has 0 aliphatic carbocycles. The van der Waals surface area contributed by atoms with Crippen molar-refractivity contribution in [1.29, 1.82) is 0 Å². The van der Waals surface area contributed by atoms with Crippen LogP contribution in [0.5, 0.6) is 17.2 Å². The van der Waals surface area contributed by atoms with Gasteiger partial charge in [-0.3, -0.25) is 4.79 Å². The quantitative estimate of drug-likeness (QED) is 0.333. The standard InChI is InChI=1S/C21H15BrClFN2O4/c22-14-4-5-20(30-11-17-18(23)2-1-3-19(17)24)13(6-14)10-25-26-21(29)12-7-15(27)9-16(28)8-12/h1-10,27-28H,11H2,(H,26,29). The maximum atomic E-state index is 13.9. The van der Waals surface area contributed by atoms with Crippen molar-refractivity contribution >= 4 is 39.7 Å². The van der Waals surface area contributed by atoms with Crippen LogP contribution in [0.25, 0.3) is 0 Å². The van der Waals surface area contributed by atoms with Gasteiger partial charge >= 0.3 is 0 Å². The van der Waals surface area contributed by atoms with Crippen LogP contribution in [0.1, 0.15) is 21.5 Å². The molecule has 9 heteroatoms. The molecule has 0 aliphatic rings. The molecule has 3 aromatic rings. The molecule has 30 heavy (non-hydrogen) atoms. The number of hydrazone groups is 1. The number of ether oxygens (including phenoxy) is 1. The van der Waals surface area contributed by atoms with E-state index in [9.17, 15) is 19.4 Å². The summed E-state index contributed by atoms with van der Waals surface area (Å²) in [5, 5.41) is 23.1. The minimum Gasteiger partial charge on any atom is -0.508 e. The first kappa shape index (κ1) is 21.6. The summed E-state index contributed by atoms with van der Waals surface area (Å²) in [6, 6.07) is 13.0. The Bertz CT molecular complexity index is 1080. The molecule has 6 nitrogen and oxygen atoms in total. The number of amides is 1. The second-order valence-electron chi connectivity index (χ2n) is 6.11. The zero-order chi connectivity index (χ0) is 21.7. The Morgan fingerprint density at radius 1 is 1.17 bits per heavy atom. The van der Waals surface area contributed by atoms with E-state index >= 15 is 0 Å². The van der Waals surface area contributed by atoms with Crippen molar-refractivity contribution in [3.8, 4) is 17.2 Å². The second kappa shape index (κ2) is 9.60. The number of nitrogens with zero attached hydrogens (tertiary/aromatic N) is 1. The van der Waals surface area contributed by atoms with E-state index in [2.05, 4.69) is 26.5 Å². The van der Waals surface area contributed by atoms with E-state index in [1.165, 1.54) is 30.5 Å². The Labute approximate surface area is 184 Å². The van der Waals surface area contributed by atoms with Crippen molar-refractivity contribution in [1.82, 2.24) is 5.43 Å². The van der Waals surface area contributed by atoms with Gasteiger partial charge in [-0.2, -0.15) is 5.10 Å². The molecular formula is C21H15BrClFN2O4.